The van der Waals surface area contributed by atoms with E-state index in [-0.39, 0.29) is 11.3 Å². The monoisotopic (exact) mass is 272 g/mol. The summed E-state index contributed by atoms with van der Waals surface area (Å²) >= 11 is 0. The first-order valence-electron chi connectivity index (χ1n) is 5.83. The van der Waals surface area contributed by atoms with Crippen LogP contribution >= 0.6 is 0 Å². The Kier molecular flexibility index (Phi) is 3.65. The summed E-state index contributed by atoms with van der Waals surface area (Å²) in [7, 11) is 0. The summed E-state index contributed by atoms with van der Waals surface area (Å²) in [6.45, 7) is 1.76. The molecule has 0 radical (unpaired) electrons. The minimum Gasteiger partial charge on any atom is -0.478 e. The summed E-state index contributed by atoms with van der Waals surface area (Å²) in [6.07, 6.45) is 0. The Morgan fingerprint density at radius 2 is 1.85 bits per heavy atom. The number of carboxylic acids is 1. The van der Waals surface area contributed by atoms with Crippen LogP contribution < -0.4 is 5.32 Å². The summed E-state index contributed by atoms with van der Waals surface area (Å²) in [6, 6.07) is 10.8. The van der Waals surface area contributed by atoms with Gasteiger partial charge in [-0.1, -0.05) is 12.1 Å². The number of nitrogens with zero attached hydrogens (tertiary/aromatic N) is 1. The standard InChI is InChI=1S/C14H12N2O4/c1-9-3-2-4-12(16(19)20)13(9)15-11-7-5-10(6-8-11)14(17)18/h2-8,15H,1H3,(H,17,18). The number of nitrogens with one attached hydrogen (secondary N) is 1. The highest BCUT2D eigenvalue weighted by Gasteiger charge is 2.15. The number of hydrogen-bond donors (Lipinski definition) is 2. The number of aryl methyl sites for hydroxylation is 1. The fourth-order valence-corrected chi connectivity index (χ4v) is 1.81. The molecule has 0 atom stereocenters. The van der Waals surface area contributed by atoms with Gasteiger partial charge in [-0.15, -0.1) is 0 Å². The Bertz CT molecular complexity index is 665. The van der Waals surface area contributed by atoms with E-state index in [0.717, 1.165) is 5.56 Å². The molecule has 2 aromatic carbocycles. The molecule has 6 nitrogen and oxygen atoms in total. The minimum absolute atomic E-state index is 0.0210. The summed E-state index contributed by atoms with van der Waals surface area (Å²) in [5.41, 5.74) is 1.87. The van der Waals surface area contributed by atoms with Gasteiger partial charge in [0.05, 0.1) is 10.5 Å². The predicted molar refractivity (Wildman–Crippen MR) is 74.5 cm³/mol. The molecule has 0 heterocycles. The smallest absolute Gasteiger partial charge is 0.335 e. The number of anilines is 2. The zero-order chi connectivity index (χ0) is 14.7. The van der Waals surface area contributed by atoms with E-state index in [1.807, 2.05) is 0 Å². The average Bonchev–Trinajstić information content (AvgIpc) is 2.41. The normalized spacial score (nSPS) is 10.1. The third kappa shape index (κ3) is 2.74. The number of hydrogen-bond acceptors (Lipinski definition) is 4. The molecule has 0 bridgehead atoms. The molecule has 0 aliphatic rings. The van der Waals surface area contributed by atoms with Crippen molar-refractivity contribution in [2.24, 2.45) is 0 Å². The van der Waals surface area contributed by atoms with Gasteiger partial charge in [0.15, 0.2) is 0 Å². The van der Waals surface area contributed by atoms with Gasteiger partial charge in [-0.2, -0.15) is 0 Å². The number of rotatable bonds is 4. The maximum absolute atomic E-state index is 11.0. The van der Waals surface area contributed by atoms with Crippen molar-refractivity contribution in [2.45, 2.75) is 6.92 Å². The first-order valence-corrected chi connectivity index (χ1v) is 5.83. The molecular formula is C14H12N2O4. The van der Waals surface area contributed by atoms with Gasteiger partial charge in [0.25, 0.3) is 5.69 Å². The highest BCUT2D eigenvalue weighted by molar-refractivity contribution is 5.88. The second-order valence-electron chi connectivity index (χ2n) is 4.23. The van der Waals surface area contributed by atoms with E-state index in [4.69, 9.17) is 5.11 Å². The van der Waals surface area contributed by atoms with Gasteiger partial charge >= 0.3 is 5.97 Å². The molecule has 0 aliphatic heterocycles. The van der Waals surface area contributed by atoms with Crippen molar-refractivity contribution in [1.82, 2.24) is 0 Å². The highest BCUT2D eigenvalue weighted by Crippen LogP contribution is 2.30. The Labute approximate surface area is 114 Å². The molecule has 2 aromatic rings. The van der Waals surface area contributed by atoms with Gasteiger partial charge in [0, 0.05) is 11.8 Å². The second-order valence-corrected chi connectivity index (χ2v) is 4.23. The van der Waals surface area contributed by atoms with E-state index >= 15 is 0 Å². The fourth-order valence-electron chi connectivity index (χ4n) is 1.81. The van der Waals surface area contributed by atoms with Crippen molar-refractivity contribution >= 4 is 23.0 Å². The van der Waals surface area contributed by atoms with Crippen molar-refractivity contribution in [2.75, 3.05) is 5.32 Å². The van der Waals surface area contributed by atoms with E-state index < -0.39 is 10.9 Å². The number of benzene rings is 2. The van der Waals surface area contributed by atoms with Gasteiger partial charge in [0.1, 0.15) is 5.69 Å². The Balaban J connectivity index is 2.34. The molecule has 0 spiro atoms. The number of nitro benzene ring substituents is 1. The Morgan fingerprint density at radius 1 is 1.20 bits per heavy atom. The van der Waals surface area contributed by atoms with Crippen molar-refractivity contribution < 1.29 is 14.8 Å². The lowest BCUT2D eigenvalue weighted by Crippen LogP contribution is -2.00. The van der Waals surface area contributed by atoms with Crippen molar-refractivity contribution in [3.05, 3.63) is 63.7 Å². The first-order chi connectivity index (χ1) is 9.49. The van der Waals surface area contributed by atoms with Gasteiger partial charge in [0.2, 0.25) is 0 Å². The molecule has 2 N–H and O–H groups in total. The molecule has 0 amide bonds. The number of aromatic carboxylic acids is 1. The van der Waals surface area contributed by atoms with Crippen LogP contribution in [0.2, 0.25) is 0 Å². The van der Waals surface area contributed by atoms with Gasteiger partial charge in [-0.25, -0.2) is 4.79 Å². The largest absolute Gasteiger partial charge is 0.478 e. The molecule has 0 fully saturated rings. The summed E-state index contributed by atoms with van der Waals surface area (Å²) in [5, 5.41) is 22.8. The van der Waals surface area contributed by atoms with Crippen LogP contribution in [0.5, 0.6) is 0 Å². The van der Waals surface area contributed by atoms with Crippen LogP contribution in [0.15, 0.2) is 42.5 Å². The molecule has 0 aromatic heterocycles. The predicted octanol–water partition coefficient (Wildman–Crippen LogP) is 3.35. The van der Waals surface area contributed by atoms with Crippen molar-refractivity contribution in [3.63, 3.8) is 0 Å². The lowest BCUT2D eigenvalue weighted by Gasteiger charge is -2.10. The molecule has 0 saturated carbocycles. The molecule has 20 heavy (non-hydrogen) atoms. The van der Waals surface area contributed by atoms with Crippen LogP contribution in [0, 0.1) is 17.0 Å². The quantitative estimate of drug-likeness (QED) is 0.657. The third-order valence-electron chi connectivity index (χ3n) is 2.85. The van der Waals surface area contributed by atoms with Crippen LogP contribution in [0.25, 0.3) is 0 Å². The van der Waals surface area contributed by atoms with Crippen molar-refractivity contribution in [1.29, 1.82) is 0 Å². The van der Waals surface area contributed by atoms with Crippen LogP contribution in [-0.4, -0.2) is 16.0 Å². The van der Waals surface area contributed by atoms with E-state index in [2.05, 4.69) is 5.32 Å². The molecule has 0 unspecified atom stereocenters. The van der Waals surface area contributed by atoms with Crippen molar-refractivity contribution in [3.8, 4) is 0 Å². The summed E-state index contributed by atoms with van der Waals surface area (Å²) in [5.74, 6) is -1.02. The van der Waals surface area contributed by atoms with Crippen LogP contribution in [0.1, 0.15) is 15.9 Å². The molecule has 2 rings (SSSR count). The molecular weight excluding hydrogens is 260 g/mol. The summed E-state index contributed by atoms with van der Waals surface area (Å²) in [4.78, 5) is 21.3. The van der Waals surface area contributed by atoms with Gasteiger partial charge in [-0.05, 0) is 36.8 Å². The summed E-state index contributed by atoms with van der Waals surface area (Å²) < 4.78 is 0. The number of carboxylic acid groups (broad SMARTS) is 1. The maximum atomic E-state index is 11.0. The Morgan fingerprint density at radius 3 is 2.40 bits per heavy atom. The van der Waals surface area contributed by atoms with Gasteiger partial charge in [-0.3, -0.25) is 10.1 Å². The molecule has 6 heteroatoms. The maximum Gasteiger partial charge on any atom is 0.335 e. The van der Waals surface area contributed by atoms with E-state index in [0.29, 0.717) is 11.4 Å². The minimum atomic E-state index is -1.02. The van der Waals surface area contributed by atoms with Crippen LogP contribution in [0.3, 0.4) is 0 Å². The highest BCUT2D eigenvalue weighted by atomic mass is 16.6. The zero-order valence-electron chi connectivity index (χ0n) is 10.7. The van der Waals surface area contributed by atoms with Crippen LogP contribution in [-0.2, 0) is 0 Å². The zero-order valence-corrected chi connectivity index (χ0v) is 10.7. The number of nitro groups is 1. The molecule has 102 valence electrons. The van der Waals surface area contributed by atoms with E-state index in [1.165, 1.54) is 18.2 Å². The number of para-hydroxylation sites is 1. The average molecular weight is 272 g/mol. The van der Waals surface area contributed by atoms with E-state index in [1.54, 1.807) is 31.2 Å². The van der Waals surface area contributed by atoms with Gasteiger partial charge < -0.3 is 10.4 Å². The molecule has 0 aliphatic carbocycles. The third-order valence-corrected chi connectivity index (χ3v) is 2.85. The SMILES string of the molecule is Cc1cccc([N+](=O)[O-])c1Nc1ccc(C(=O)O)cc1. The fraction of sp³-hybridized carbons (Fsp3) is 0.0714. The van der Waals surface area contributed by atoms with E-state index in [9.17, 15) is 14.9 Å². The first kappa shape index (κ1) is 13.5. The lowest BCUT2D eigenvalue weighted by atomic mass is 10.1. The molecule has 0 saturated heterocycles. The topological polar surface area (TPSA) is 92.5 Å². The van der Waals surface area contributed by atoms with Crippen LogP contribution in [0.4, 0.5) is 17.1 Å². The Hall–Kier alpha value is -2.89. The number of carbonyl (C=O) groups is 1. The lowest BCUT2D eigenvalue weighted by molar-refractivity contribution is -0.384. The second kappa shape index (κ2) is 5.40.